The van der Waals surface area contributed by atoms with Gasteiger partial charge in [-0.25, -0.2) is 0 Å². The molecule has 25 heavy (non-hydrogen) atoms. The number of piperazine rings is 1. The summed E-state index contributed by atoms with van der Waals surface area (Å²) >= 11 is 0. The normalized spacial score (nSPS) is 24.8. The van der Waals surface area contributed by atoms with Crippen molar-refractivity contribution in [3.05, 3.63) is 52.8 Å². The van der Waals surface area contributed by atoms with E-state index in [9.17, 15) is 0 Å². The van der Waals surface area contributed by atoms with Gasteiger partial charge in [-0.2, -0.15) is 0 Å². The molecule has 0 bridgehead atoms. The molecule has 0 amide bonds. The SMILES string of the molecule is CC1=C(OCCN2CCN(C)CC2)/C(=C/c2ccccc2)CC(C)C1. The summed E-state index contributed by atoms with van der Waals surface area (Å²) in [5.74, 6) is 1.84. The van der Waals surface area contributed by atoms with E-state index < -0.39 is 0 Å². The van der Waals surface area contributed by atoms with E-state index in [1.54, 1.807) is 0 Å². The summed E-state index contributed by atoms with van der Waals surface area (Å²) in [4.78, 5) is 4.91. The lowest BCUT2D eigenvalue weighted by Crippen LogP contribution is -2.45. The Labute approximate surface area is 153 Å². The molecule has 0 aromatic heterocycles. The highest BCUT2D eigenvalue weighted by Crippen LogP contribution is 2.35. The molecule has 1 aliphatic heterocycles. The van der Waals surface area contributed by atoms with E-state index in [-0.39, 0.29) is 0 Å². The number of likely N-dealkylation sites (N-methyl/N-ethyl adjacent to an activating group) is 1. The summed E-state index contributed by atoms with van der Waals surface area (Å²) in [7, 11) is 2.20. The van der Waals surface area contributed by atoms with E-state index in [0.717, 1.165) is 44.8 Å². The Morgan fingerprint density at radius 1 is 1.08 bits per heavy atom. The molecule has 1 fully saturated rings. The minimum absolute atomic E-state index is 0.694. The van der Waals surface area contributed by atoms with E-state index >= 15 is 0 Å². The Kier molecular flexibility index (Phi) is 6.33. The van der Waals surface area contributed by atoms with Gasteiger partial charge in [0.25, 0.3) is 0 Å². The lowest BCUT2D eigenvalue weighted by molar-refractivity contribution is 0.112. The van der Waals surface area contributed by atoms with Gasteiger partial charge in [-0.15, -0.1) is 0 Å². The topological polar surface area (TPSA) is 15.7 Å². The first-order valence-electron chi connectivity index (χ1n) is 9.61. The molecule has 136 valence electrons. The quantitative estimate of drug-likeness (QED) is 0.804. The van der Waals surface area contributed by atoms with Crippen molar-refractivity contribution in [2.75, 3.05) is 46.4 Å². The van der Waals surface area contributed by atoms with Crippen molar-refractivity contribution in [3.8, 4) is 0 Å². The van der Waals surface area contributed by atoms with Crippen LogP contribution in [0.15, 0.2) is 47.2 Å². The van der Waals surface area contributed by atoms with E-state index in [1.165, 1.54) is 29.8 Å². The number of nitrogens with zero attached hydrogens (tertiary/aromatic N) is 2. The molecule has 0 saturated carbocycles. The standard InChI is InChI=1S/C22H32N2O/c1-18-15-19(2)22(21(16-18)17-20-7-5-4-6-8-20)25-14-13-24-11-9-23(3)10-12-24/h4-8,17-18H,9-16H2,1-3H3/b21-17+. The van der Waals surface area contributed by atoms with Gasteiger partial charge in [0.15, 0.2) is 0 Å². The van der Waals surface area contributed by atoms with E-state index in [1.807, 2.05) is 0 Å². The third kappa shape index (κ3) is 5.20. The summed E-state index contributed by atoms with van der Waals surface area (Å²) in [5.41, 5.74) is 4.03. The predicted molar refractivity (Wildman–Crippen MR) is 105 cm³/mol. The number of rotatable bonds is 5. The monoisotopic (exact) mass is 340 g/mol. The van der Waals surface area contributed by atoms with Crippen LogP contribution in [0.3, 0.4) is 0 Å². The van der Waals surface area contributed by atoms with E-state index in [2.05, 4.69) is 67.1 Å². The third-order valence-electron chi connectivity index (χ3n) is 5.29. The molecule has 0 N–H and O–H groups in total. The van der Waals surface area contributed by atoms with Gasteiger partial charge in [-0.1, -0.05) is 37.3 Å². The van der Waals surface area contributed by atoms with Gasteiger partial charge < -0.3 is 9.64 Å². The Morgan fingerprint density at radius 3 is 2.52 bits per heavy atom. The highest BCUT2D eigenvalue weighted by molar-refractivity contribution is 5.58. The molecule has 1 saturated heterocycles. The van der Waals surface area contributed by atoms with Crippen LogP contribution < -0.4 is 0 Å². The molecule has 1 aliphatic carbocycles. The predicted octanol–water partition coefficient (Wildman–Crippen LogP) is 4.04. The van der Waals surface area contributed by atoms with Crippen molar-refractivity contribution in [2.45, 2.75) is 26.7 Å². The molecule has 3 nitrogen and oxygen atoms in total. The number of ether oxygens (including phenoxy) is 1. The van der Waals surface area contributed by atoms with E-state index in [0.29, 0.717) is 5.92 Å². The summed E-state index contributed by atoms with van der Waals surface area (Å²) in [6.07, 6.45) is 4.57. The van der Waals surface area contributed by atoms with Gasteiger partial charge in [0.1, 0.15) is 12.4 Å². The Bertz CT molecular complexity index is 612. The second-order valence-corrected chi connectivity index (χ2v) is 7.70. The Balaban J connectivity index is 1.64. The molecule has 1 aromatic rings. The van der Waals surface area contributed by atoms with Crippen LogP contribution >= 0.6 is 0 Å². The second-order valence-electron chi connectivity index (χ2n) is 7.70. The van der Waals surface area contributed by atoms with Gasteiger partial charge in [0.05, 0.1) is 0 Å². The number of hydrogen-bond acceptors (Lipinski definition) is 3. The molecular formula is C22H32N2O. The maximum atomic E-state index is 6.31. The minimum atomic E-state index is 0.694. The van der Waals surface area contributed by atoms with Gasteiger partial charge in [0, 0.05) is 32.7 Å². The number of benzene rings is 1. The zero-order chi connectivity index (χ0) is 17.6. The lowest BCUT2D eigenvalue weighted by atomic mass is 9.85. The first-order chi connectivity index (χ1) is 12.1. The summed E-state index contributed by atoms with van der Waals surface area (Å²) in [5, 5.41) is 0. The molecule has 1 heterocycles. The smallest absolute Gasteiger partial charge is 0.121 e. The fraction of sp³-hybridized carbons (Fsp3) is 0.545. The first kappa shape index (κ1) is 18.2. The van der Waals surface area contributed by atoms with Gasteiger partial charge >= 0.3 is 0 Å². The number of allylic oxidation sites excluding steroid dienone is 2. The van der Waals surface area contributed by atoms with Gasteiger partial charge in [0.2, 0.25) is 0 Å². The van der Waals surface area contributed by atoms with Crippen LogP contribution in [0, 0.1) is 5.92 Å². The highest BCUT2D eigenvalue weighted by atomic mass is 16.5. The summed E-state index contributed by atoms with van der Waals surface area (Å²) in [6, 6.07) is 10.6. The van der Waals surface area contributed by atoms with Crippen LogP contribution in [-0.2, 0) is 4.74 Å². The van der Waals surface area contributed by atoms with E-state index in [4.69, 9.17) is 4.74 Å². The molecule has 0 radical (unpaired) electrons. The van der Waals surface area contributed by atoms with Gasteiger partial charge in [-0.05, 0) is 55.5 Å². The first-order valence-corrected chi connectivity index (χ1v) is 9.61. The maximum absolute atomic E-state index is 6.31. The lowest BCUT2D eigenvalue weighted by Gasteiger charge is -2.33. The van der Waals surface area contributed by atoms with Crippen LogP contribution in [-0.4, -0.2) is 56.2 Å². The molecule has 1 aromatic carbocycles. The van der Waals surface area contributed by atoms with Crippen molar-refractivity contribution < 1.29 is 4.74 Å². The molecule has 0 spiro atoms. The Hall–Kier alpha value is -1.58. The molecule has 2 aliphatic rings. The average Bonchev–Trinajstić information content (AvgIpc) is 2.60. The second kappa shape index (κ2) is 8.68. The highest BCUT2D eigenvalue weighted by Gasteiger charge is 2.22. The van der Waals surface area contributed by atoms with Crippen LogP contribution in [0.2, 0.25) is 0 Å². The largest absolute Gasteiger partial charge is 0.492 e. The minimum Gasteiger partial charge on any atom is -0.492 e. The maximum Gasteiger partial charge on any atom is 0.121 e. The average molecular weight is 341 g/mol. The zero-order valence-corrected chi connectivity index (χ0v) is 16.0. The summed E-state index contributed by atoms with van der Waals surface area (Å²) in [6.45, 7) is 11.0. The van der Waals surface area contributed by atoms with Crippen LogP contribution in [0.1, 0.15) is 32.3 Å². The van der Waals surface area contributed by atoms with Crippen molar-refractivity contribution in [1.82, 2.24) is 9.80 Å². The third-order valence-corrected chi connectivity index (χ3v) is 5.29. The fourth-order valence-corrected chi connectivity index (χ4v) is 3.87. The zero-order valence-electron chi connectivity index (χ0n) is 16.0. The van der Waals surface area contributed by atoms with Crippen molar-refractivity contribution in [2.24, 2.45) is 5.92 Å². The van der Waals surface area contributed by atoms with Crippen LogP contribution in [0.5, 0.6) is 0 Å². The van der Waals surface area contributed by atoms with Crippen molar-refractivity contribution >= 4 is 6.08 Å². The van der Waals surface area contributed by atoms with Crippen LogP contribution in [0.4, 0.5) is 0 Å². The Morgan fingerprint density at radius 2 is 1.80 bits per heavy atom. The van der Waals surface area contributed by atoms with Crippen molar-refractivity contribution in [1.29, 1.82) is 0 Å². The van der Waals surface area contributed by atoms with Gasteiger partial charge in [-0.3, -0.25) is 4.90 Å². The van der Waals surface area contributed by atoms with Crippen molar-refractivity contribution in [3.63, 3.8) is 0 Å². The number of hydrogen-bond donors (Lipinski definition) is 0. The molecule has 1 atom stereocenters. The molecular weight excluding hydrogens is 308 g/mol. The van der Waals surface area contributed by atoms with Crippen LogP contribution in [0.25, 0.3) is 6.08 Å². The summed E-state index contributed by atoms with van der Waals surface area (Å²) < 4.78 is 6.31. The molecule has 1 unspecified atom stereocenters. The molecule has 3 rings (SSSR count). The molecule has 3 heteroatoms. The fourth-order valence-electron chi connectivity index (χ4n) is 3.87.